The van der Waals surface area contributed by atoms with E-state index < -0.39 is 0 Å². The predicted octanol–water partition coefficient (Wildman–Crippen LogP) is 31.8. The van der Waals surface area contributed by atoms with Crippen molar-refractivity contribution in [1.82, 2.24) is 0 Å². The lowest BCUT2D eigenvalue weighted by atomic mass is 9.96. The molecule has 2 aromatic heterocycles. The first kappa shape index (κ1) is 68.0. The van der Waals surface area contributed by atoms with Gasteiger partial charge in [-0.15, -0.1) is 0 Å². The van der Waals surface area contributed by atoms with Crippen molar-refractivity contribution >= 4 is 153 Å². The van der Waals surface area contributed by atoms with Crippen LogP contribution in [0.5, 0.6) is 0 Å². The molecule has 0 aliphatic carbocycles. The van der Waals surface area contributed by atoms with E-state index >= 15 is 0 Å². The van der Waals surface area contributed by atoms with Crippen LogP contribution in [0.4, 0.5) is 28.4 Å². The molecule has 20 aromatic carbocycles. The predicted molar refractivity (Wildman–Crippen MR) is 484 cm³/mol. The van der Waals surface area contributed by atoms with Gasteiger partial charge in [0.25, 0.3) is 0 Å². The van der Waals surface area contributed by atoms with E-state index in [0.717, 1.165) is 99.0 Å². The van der Waals surface area contributed by atoms with Crippen LogP contribution in [-0.2, 0) is 0 Å². The highest BCUT2D eigenvalue weighted by Gasteiger charge is 2.19. The SMILES string of the molecule is Brc1ccc2c(ccc3ccccc32)c1.c1ccc2c(-c3ccc(-c4ccc(N(c5ccc(-c6cccc7c6oc6ccccc67)cc5)c5ccc6c(ccc7ccccc76)c5)cc4)cc3)cccc2c1.c1ccc2c(-c3ccc(-c4ccc(Nc5ccc(-c6cccc7c6oc6ccccc67)cc5)cc4)cc3)cccc2c1. The monoisotopic (exact) mass is 1510 g/mol. The Balaban J connectivity index is 0.000000127. The maximum atomic E-state index is 6.41. The number of anilines is 5. The summed E-state index contributed by atoms with van der Waals surface area (Å²) >= 11 is 3.50. The minimum atomic E-state index is 0.908. The molecule has 2 heterocycles. The first-order chi connectivity index (χ1) is 55.9. The van der Waals surface area contributed by atoms with Crippen molar-refractivity contribution in [3.05, 3.63) is 429 Å². The van der Waals surface area contributed by atoms with E-state index in [9.17, 15) is 0 Å². The number of nitrogens with one attached hydrogen (secondary N) is 1. The van der Waals surface area contributed by atoms with E-state index in [4.69, 9.17) is 8.83 Å². The number of hydrogen-bond donors (Lipinski definition) is 1. The largest absolute Gasteiger partial charge is 0.455 e. The Hall–Kier alpha value is -14.4. The molecule has 5 heteroatoms. The summed E-state index contributed by atoms with van der Waals surface area (Å²) in [5, 5.41) is 23.4. The average molecular weight is 1510 g/mol. The van der Waals surface area contributed by atoms with Crippen LogP contribution in [-0.4, -0.2) is 0 Å². The van der Waals surface area contributed by atoms with Gasteiger partial charge in [0.2, 0.25) is 0 Å². The van der Waals surface area contributed by atoms with Crippen molar-refractivity contribution in [3.8, 4) is 66.8 Å². The molecule has 0 unspecified atom stereocenters. The number of hydrogen-bond acceptors (Lipinski definition) is 4. The van der Waals surface area contributed by atoms with Crippen molar-refractivity contribution in [2.24, 2.45) is 0 Å². The molecule has 0 aliphatic heterocycles. The molecule has 0 amide bonds. The highest BCUT2D eigenvalue weighted by atomic mass is 79.9. The van der Waals surface area contributed by atoms with Crippen LogP contribution in [0.3, 0.4) is 0 Å². The maximum absolute atomic E-state index is 6.41. The van der Waals surface area contributed by atoms with E-state index in [1.807, 2.05) is 24.3 Å². The molecule has 0 aliphatic rings. The summed E-state index contributed by atoms with van der Waals surface area (Å²) < 4.78 is 13.8. The van der Waals surface area contributed by atoms with Gasteiger partial charge in [0, 0.05) is 65.6 Å². The number of halogens is 1. The van der Waals surface area contributed by atoms with Gasteiger partial charge in [-0.3, -0.25) is 0 Å². The molecule has 1 N–H and O–H groups in total. The van der Waals surface area contributed by atoms with Gasteiger partial charge in [-0.25, -0.2) is 0 Å². The van der Waals surface area contributed by atoms with E-state index in [0.29, 0.717) is 0 Å². The molecule has 0 bridgehead atoms. The fourth-order valence-corrected chi connectivity index (χ4v) is 16.8. The fourth-order valence-electron chi connectivity index (χ4n) is 16.4. The summed E-state index contributed by atoms with van der Waals surface area (Å²) in [7, 11) is 0. The number of benzene rings is 20. The number of fused-ring (bicyclic) bond motifs is 14. The molecule has 4 nitrogen and oxygen atoms in total. The second-order valence-corrected chi connectivity index (χ2v) is 29.7. The Labute approximate surface area is 663 Å². The Bertz CT molecular complexity index is 7300. The third-order valence-corrected chi connectivity index (χ3v) is 22.6. The van der Waals surface area contributed by atoms with E-state index in [1.54, 1.807) is 0 Å². The third-order valence-electron chi connectivity index (χ3n) is 22.1. The van der Waals surface area contributed by atoms with Crippen molar-refractivity contribution < 1.29 is 8.83 Å². The number of rotatable bonds is 11. The zero-order valence-corrected chi connectivity index (χ0v) is 63.1. The summed E-state index contributed by atoms with van der Waals surface area (Å²) in [6, 6.07) is 151. The third kappa shape index (κ3) is 13.2. The van der Waals surface area contributed by atoms with Gasteiger partial charge in [0.15, 0.2) is 0 Å². The summed E-state index contributed by atoms with van der Waals surface area (Å²) in [5.41, 5.74) is 23.2. The first-order valence-corrected chi connectivity index (χ1v) is 39.1. The molecule has 0 saturated carbocycles. The zero-order chi connectivity index (χ0) is 75.1. The minimum Gasteiger partial charge on any atom is -0.455 e. The van der Waals surface area contributed by atoms with Gasteiger partial charge in [-0.1, -0.05) is 356 Å². The summed E-state index contributed by atoms with van der Waals surface area (Å²) in [5.74, 6) is 0. The highest BCUT2D eigenvalue weighted by Crippen LogP contribution is 2.44. The molecule has 532 valence electrons. The average Bonchev–Trinajstić information content (AvgIpc) is 1.71. The van der Waals surface area contributed by atoms with Crippen molar-refractivity contribution in [2.45, 2.75) is 0 Å². The van der Waals surface area contributed by atoms with E-state index in [2.05, 4.69) is 427 Å². The summed E-state index contributed by atoms with van der Waals surface area (Å²) in [4.78, 5) is 2.35. The zero-order valence-electron chi connectivity index (χ0n) is 61.6. The van der Waals surface area contributed by atoms with Crippen LogP contribution in [0.25, 0.3) is 175 Å². The molecule has 22 aromatic rings. The quantitative estimate of drug-likeness (QED) is 0.131. The van der Waals surface area contributed by atoms with Gasteiger partial charge in [0.05, 0.1) is 0 Å². The molecular formula is C108H71BrN2O2. The Kier molecular flexibility index (Phi) is 17.8. The number of furan rings is 2. The molecular weight excluding hydrogens is 1440 g/mol. The molecule has 0 spiro atoms. The Morgan fingerprint density at radius 2 is 0.487 bits per heavy atom. The molecule has 0 radical (unpaired) electrons. The smallest absolute Gasteiger partial charge is 0.143 e. The second kappa shape index (κ2) is 29.6. The normalized spacial score (nSPS) is 11.4. The van der Waals surface area contributed by atoms with Crippen LogP contribution in [0, 0.1) is 0 Å². The van der Waals surface area contributed by atoms with Gasteiger partial charge >= 0.3 is 0 Å². The Morgan fingerprint density at radius 1 is 0.195 bits per heavy atom. The number of nitrogens with zero attached hydrogens (tertiary/aromatic N) is 1. The molecule has 113 heavy (non-hydrogen) atoms. The van der Waals surface area contributed by atoms with E-state index in [1.165, 1.54) is 109 Å². The standard InChI is InChI=1S/C54H35NO.C40H27NO.C14H9Br/c1-3-12-46-38(9-1)11-7-15-48(46)40-21-19-36(20-22-40)37-25-29-43(30-26-37)55(45-33-34-49-42(35-45)24-23-39-10-2-4-13-47(39)49)44-31-27-41(28-32-44)50-16-8-17-52-51-14-5-6-18-53(51)56-54(50)52;1-2-9-34-29(7-1)8-5-11-35(34)30-17-15-27(16-18-30)28-19-23-32(24-20-28)41-33-25-21-31(22-26-33)36-12-6-13-38-37-10-3-4-14-39(37)42-40(36)38;15-12-7-8-14-11(9-12)6-5-10-3-1-2-4-13(10)14/h1-35H;1-26,41H;1-9H. The second-order valence-electron chi connectivity index (χ2n) is 28.8. The molecule has 0 atom stereocenters. The fraction of sp³-hybridized carbons (Fsp3) is 0. The Morgan fingerprint density at radius 3 is 0.956 bits per heavy atom. The number of para-hydroxylation sites is 4. The summed E-state index contributed by atoms with van der Waals surface area (Å²) in [6.07, 6.45) is 0. The van der Waals surface area contributed by atoms with Gasteiger partial charge in [0.1, 0.15) is 22.3 Å². The highest BCUT2D eigenvalue weighted by molar-refractivity contribution is 9.10. The van der Waals surface area contributed by atoms with Crippen LogP contribution in [0.15, 0.2) is 438 Å². The van der Waals surface area contributed by atoms with Crippen LogP contribution in [0.1, 0.15) is 0 Å². The van der Waals surface area contributed by atoms with Crippen molar-refractivity contribution in [1.29, 1.82) is 0 Å². The van der Waals surface area contributed by atoms with Crippen molar-refractivity contribution in [3.63, 3.8) is 0 Å². The van der Waals surface area contributed by atoms with Crippen LogP contribution in [0.2, 0.25) is 0 Å². The summed E-state index contributed by atoms with van der Waals surface area (Å²) in [6.45, 7) is 0. The lowest BCUT2D eigenvalue weighted by molar-refractivity contribution is 0.669. The topological polar surface area (TPSA) is 41.6 Å². The van der Waals surface area contributed by atoms with Gasteiger partial charge < -0.3 is 19.1 Å². The van der Waals surface area contributed by atoms with Crippen molar-refractivity contribution in [2.75, 3.05) is 10.2 Å². The van der Waals surface area contributed by atoms with Crippen LogP contribution >= 0.6 is 15.9 Å². The van der Waals surface area contributed by atoms with Crippen LogP contribution < -0.4 is 10.2 Å². The lowest BCUT2D eigenvalue weighted by Gasteiger charge is -2.26. The molecule has 0 saturated heterocycles. The molecule has 0 fully saturated rings. The lowest BCUT2D eigenvalue weighted by Crippen LogP contribution is -2.09. The maximum Gasteiger partial charge on any atom is 0.143 e. The van der Waals surface area contributed by atoms with Gasteiger partial charge in [-0.2, -0.15) is 0 Å². The molecule has 22 rings (SSSR count). The minimum absolute atomic E-state index is 0.908. The van der Waals surface area contributed by atoms with Gasteiger partial charge in [-0.05, 0) is 205 Å². The van der Waals surface area contributed by atoms with E-state index in [-0.39, 0.29) is 0 Å². The first-order valence-electron chi connectivity index (χ1n) is 38.3.